The Morgan fingerprint density at radius 2 is 2.05 bits per heavy atom. The summed E-state index contributed by atoms with van der Waals surface area (Å²) in [6.07, 6.45) is 3.18. The molecule has 1 aliphatic heterocycles. The number of piperidine rings is 1. The lowest BCUT2D eigenvalue weighted by Gasteiger charge is -2.36. The third-order valence-electron chi connectivity index (χ3n) is 3.69. The third kappa shape index (κ3) is 2.58. The van der Waals surface area contributed by atoms with Crippen LogP contribution in [0, 0.1) is 30.6 Å². The van der Waals surface area contributed by atoms with Gasteiger partial charge in [0.05, 0.1) is 28.4 Å². The van der Waals surface area contributed by atoms with Crippen molar-refractivity contribution in [2.75, 3.05) is 13.1 Å². The van der Waals surface area contributed by atoms with Gasteiger partial charge in [-0.15, -0.1) is 0 Å². The van der Waals surface area contributed by atoms with E-state index in [4.69, 9.17) is 0 Å². The number of rotatable bonds is 1. The van der Waals surface area contributed by atoms with E-state index in [-0.39, 0.29) is 5.91 Å². The molecule has 1 aliphatic rings. The Labute approximate surface area is 113 Å². The van der Waals surface area contributed by atoms with Crippen LogP contribution < -0.4 is 0 Å². The average Bonchev–Trinajstić information content (AvgIpc) is 2.38. The van der Waals surface area contributed by atoms with Gasteiger partial charge < -0.3 is 4.90 Å². The molecule has 1 aromatic heterocycles. The first-order valence-corrected chi connectivity index (χ1v) is 6.45. The van der Waals surface area contributed by atoms with Crippen LogP contribution in [0.2, 0.25) is 0 Å². The molecule has 5 nitrogen and oxygen atoms in total. The van der Waals surface area contributed by atoms with Crippen LogP contribution in [0.15, 0.2) is 6.33 Å². The van der Waals surface area contributed by atoms with Crippen molar-refractivity contribution >= 4 is 5.91 Å². The number of carbonyl (C=O) groups excluding carboxylic acids is 1. The van der Waals surface area contributed by atoms with Gasteiger partial charge in [0.25, 0.3) is 5.91 Å². The fourth-order valence-corrected chi connectivity index (χ4v) is 2.56. The Balaban J connectivity index is 2.28. The van der Waals surface area contributed by atoms with E-state index in [1.807, 2.05) is 20.8 Å². The molecule has 19 heavy (non-hydrogen) atoms. The number of amides is 1. The second-order valence-electron chi connectivity index (χ2n) is 5.42. The van der Waals surface area contributed by atoms with Crippen molar-refractivity contribution in [2.24, 2.45) is 5.41 Å². The van der Waals surface area contributed by atoms with Crippen LogP contribution in [0.4, 0.5) is 0 Å². The predicted molar refractivity (Wildman–Crippen MR) is 70.4 cm³/mol. The number of aromatic nitrogens is 2. The van der Waals surface area contributed by atoms with E-state index in [0.717, 1.165) is 12.8 Å². The highest BCUT2D eigenvalue weighted by atomic mass is 16.2. The Morgan fingerprint density at radius 3 is 2.63 bits per heavy atom. The normalized spacial score (nSPS) is 22.9. The van der Waals surface area contributed by atoms with E-state index in [2.05, 4.69) is 16.0 Å². The molecular formula is C14H18N4O. The molecule has 0 radical (unpaired) electrons. The molecule has 1 aromatic rings. The first-order chi connectivity index (χ1) is 8.97. The number of aryl methyl sites for hydroxylation is 2. The minimum atomic E-state index is -0.439. The van der Waals surface area contributed by atoms with Crippen molar-refractivity contribution in [1.82, 2.24) is 14.9 Å². The molecule has 1 atom stereocenters. The summed E-state index contributed by atoms with van der Waals surface area (Å²) >= 11 is 0. The number of hydrogen-bond donors (Lipinski definition) is 0. The number of likely N-dealkylation sites (tertiary alicyclic amines) is 1. The first kappa shape index (κ1) is 13.5. The molecule has 2 heterocycles. The summed E-state index contributed by atoms with van der Waals surface area (Å²) in [5, 5.41) is 9.22. The van der Waals surface area contributed by atoms with Crippen molar-refractivity contribution in [3.05, 3.63) is 23.3 Å². The summed E-state index contributed by atoms with van der Waals surface area (Å²) in [5.41, 5.74) is 1.53. The molecule has 5 heteroatoms. The van der Waals surface area contributed by atoms with Crippen molar-refractivity contribution in [1.29, 1.82) is 5.26 Å². The Morgan fingerprint density at radius 1 is 1.42 bits per heavy atom. The maximum absolute atomic E-state index is 12.6. The van der Waals surface area contributed by atoms with Crippen LogP contribution in [0.3, 0.4) is 0 Å². The Bertz CT molecular complexity index is 529. The van der Waals surface area contributed by atoms with Gasteiger partial charge in [0.15, 0.2) is 0 Å². The molecule has 1 saturated heterocycles. The van der Waals surface area contributed by atoms with Crippen molar-refractivity contribution in [2.45, 2.75) is 33.6 Å². The van der Waals surface area contributed by atoms with E-state index in [1.54, 1.807) is 4.90 Å². The molecular weight excluding hydrogens is 240 g/mol. The van der Waals surface area contributed by atoms with Crippen LogP contribution in [0.5, 0.6) is 0 Å². The predicted octanol–water partition coefficient (Wildman–Crippen LogP) is 1.86. The zero-order valence-electron chi connectivity index (χ0n) is 11.6. The van der Waals surface area contributed by atoms with E-state index < -0.39 is 5.41 Å². The fraction of sp³-hybridized carbons (Fsp3) is 0.571. The molecule has 0 aliphatic carbocycles. The van der Waals surface area contributed by atoms with Gasteiger partial charge in [-0.2, -0.15) is 5.26 Å². The average molecular weight is 258 g/mol. The largest absolute Gasteiger partial charge is 0.337 e. The monoisotopic (exact) mass is 258 g/mol. The molecule has 0 N–H and O–H groups in total. The SMILES string of the molecule is Cc1ncnc(C)c1C(=O)N1CCC[C@@](C)(C#N)C1. The molecule has 2 rings (SSSR count). The maximum atomic E-state index is 12.6. The van der Waals surface area contributed by atoms with E-state index >= 15 is 0 Å². The van der Waals surface area contributed by atoms with E-state index in [0.29, 0.717) is 30.0 Å². The minimum Gasteiger partial charge on any atom is -0.337 e. The number of carbonyl (C=O) groups is 1. The number of hydrogen-bond acceptors (Lipinski definition) is 4. The molecule has 0 bridgehead atoms. The van der Waals surface area contributed by atoms with Gasteiger partial charge in [0, 0.05) is 13.1 Å². The van der Waals surface area contributed by atoms with Crippen LogP contribution in [0.1, 0.15) is 41.5 Å². The molecule has 0 unspecified atom stereocenters. The van der Waals surface area contributed by atoms with Crippen molar-refractivity contribution in [3.63, 3.8) is 0 Å². The van der Waals surface area contributed by atoms with Crippen LogP contribution in [-0.4, -0.2) is 33.9 Å². The molecule has 1 amide bonds. The Hall–Kier alpha value is -1.96. The quantitative estimate of drug-likeness (QED) is 0.771. The summed E-state index contributed by atoms with van der Waals surface area (Å²) < 4.78 is 0. The summed E-state index contributed by atoms with van der Waals surface area (Å²) in [7, 11) is 0. The van der Waals surface area contributed by atoms with E-state index in [9.17, 15) is 10.1 Å². The van der Waals surface area contributed by atoms with Gasteiger partial charge in [-0.05, 0) is 33.6 Å². The van der Waals surface area contributed by atoms with Crippen molar-refractivity contribution < 1.29 is 4.79 Å². The highest BCUT2D eigenvalue weighted by Crippen LogP contribution is 2.29. The number of nitriles is 1. The zero-order chi connectivity index (χ0) is 14.0. The fourth-order valence-electron chi connectivity index (χ4n) is 2.56. The summed E-state index contributed by atoms with van der Waals surface area (Å²) in [6.45, 7) is 6.72. The lowest BCUT2D eigenvalue weighted by molar-refractivity contribution is 0.0627. The van der Waals surface area contributed by atoms with Gasteiger partial charge >= 0.3 is 0 Å². The topological polar surface area (TPSA) is 69.9 Å². The summed E-state index contributed by atoms with van der Waals surface area (Å²) in [4.78, 5) is 22.5. The maximum Gasteiger partial charge on any atom is 0.257 e. The second-order valence-corrected chi connectivity index (χ2v) is 5.42. The smallest absolute Gasteiger partial charge is 0.257 e. The summed E-state index contributed by atoms with van der Waals surface area (Å²) in [6, 6.07) is 2.32. The highest BCUT2D eigenvalue weighted by Gasteiger charge is 2.34. The van der Waals surface area contributed by atoms with Crippen LogP contribution in [0.25, 0.3) is 0 Å². The van der Waals surface area contributed by atoms with Gasteiger partial charge in [0.2, 0.25) is 0 Å². The van der Waals surface area contributed by atoms with Gasteiger partial charge in [-0.25, -0.2) is 9.97 Å². The standard InChI is InChI=1S/C14H18N4O/c1-10-12(11(2)17-9-16-10)13(19)18-6-4-5-14(3,7-15)8-18/h9H,4-6,8H2,1-3H3/t14-/m0/s1. The lowest BCUT2D eigenvalue weighted by atomic mass is 9.83. The molecule has 0 saturated carbocycles. The lowest BCUT2D eigenvalue weighted by Crippen LogP contribution is -2.44. The van der Waals surface area contributed by atoms with Gasteiger partial charge in [-0.3, -0.25) is 4.79 Å². The van der Waals surface area contributed by atoms with Gasteiger partial charge in [0.1, 0.15) is 6.33 Å². The molecule has 0 aromatic carbocycles. The van der Waals surface area contributed by atoms with E-state index in [1.165, 1.54) is 6.33 Å². The third-order valence-corrected chi connectivity index (χ3v) is 3.69. The van der Waals surface area contributed by atoms with Crippen LogP contribution >= 0.6 is 0 Å². The van der Waals surface area contributed by atoms with Gasteiger partial charge in [-0.1, -0.05) is 0 Å². The molecule has 1 fully saturated rings. The van der Waals surface area contributed by atoms with Crippen LogP contribution in [-0.2, 0) is 0 Å². The second kappa shape index (κ2) is 4.96. The molecule has 0 spiro atoms. The minimum absolute atomic E-state index is 0.0585. The molecule has 100 valence electrons. The van der Waals surface area contributed by atoms with Crippen molar-refractivity contribution in [3.8, 4) is 6.07 Å². The summed E-state index contributed by atoms with van der Waals surface area (Å²) in [5.74, 6) is -0.0585. The zero-order valence-corrected chi connectivity index (χ0v) is 11.6. The number of nitrogens with zero attached hydrogens (tertiary/aromatic N) is 4. The first-order valence-electron chi connectivity index (χ1n) is 6.45. The Kier molecular flexibility index (Phi) is 3.52. The highest BCUT2D eigenvalue weighted by molar-refractivity contribution is 5.96.